The summed E-state index contributed by atoms with van der Waals surface area (Å²) >= 11 is 0. The average Bonchev–Trinajstić information content (AvgIpc) is 3.01. The van der Waals surface area contributed by atoms with Gasteiger partial charge < -0.3 is 10.2 Å². The lowest BCUT2D eigenvalue weighted by atomic mass is 9.43. The highest BCUT2D eigenvalue weighted by Gasteiger charge is 2.66. The lowest BCUT2D eigenvalue weighted by Crippen LogP contribution is -2.60. The van der Waals surface area contributed by atoms with Gasteiger partial charge in [0.25, 0.3) is 0 Å². The summed E-state index contributed by atoms with van der Waals surface area (Å²) in [5, 5.41) is 19.2. The summed E-state index contributed by atoms with van der Waals surface area (Å²) in [6, 6.07) is 0. The normalized spacial score (nSPS) is 47.9. The Morgan fingerprint density at radius 2 is 1.86 bits per heavy atom. The van der Waals surface area contributed by atoms with Crippen molar-refractivity contribution in [1.29, 1.82) is 0 Å². The Bertz CT molecular complexity index is 716. The summed E-state index contributed by atoms with van der Waals surface area (Å²) in [6.07, 6.45) is 5.64. The Morgan fingerprint density at radius 1 is 1.14 bits per heavy atom. The fourth-order valence-corrected chi connectivity index (χ4v) is 8.13. The SMILES string of the molecule is CC(CCC(=O)O)[C@H]1CC[C@H]2[C@@H]3C(=O)C[C@@H]4C[C@H](O)CC[C@]4(C)[C@H]3CC(=O)[C@]12C. The maximum atomic E-state index is 13.6. The number of aliphatic carboxylic acids is 1. The largest absolute Gasteiger partial charge is 0.481 e. The molecule has 9 atom stereocenters. The fourth-order valence-electron chi connectivity index (χ4n) is 8.13. The monoisotopic (exact) mass is 404 g/mol. The molecule has 0 aliphatic heterocycles. The number of carboxylic acids is 1. The van der Waals surface area contributed by atoms with Crippen molar-refractivity contribution in [3.05, 3.63) is 0 Å². The van der Waals surface area contributed by atoms with E-state index >= 15 is 0 Å². The molecule has 29 heavy (non-hydrogen) atoms. The molecule has 0 saturated heterocycles. The molecule has 5 heteroatoms. The molecule has 0 heterocycles. The van der Waals surface area contributed by atoms with Crippen LogP contribution in [0.25, 0.3) is 0 Å². The first kappa shape index (κ1) is 21.0. The van der Waals surface area contributed by atoms with Gasteiger partial charge in [0.05, 0.1) is 6.10 Å². The summed E-state index contributed by atoms with van der Waals surface area (Å²) in [4.78, 5) is 38.0. The average molecular weight is 405 g/mol. The van der Waals surface area contributed by atoms with Crippen LogP contribution in [0.15, 0.2) is 0 Å². The van der Waals surface area contributed by atoms with E-state index in [1.54, 1.807) is 0 Å². The molecule has 4 saturated carbocycles. The molecule has 0 aromatic carbocycles. The van der Waals surface area contributed by atoms with E-state index in [1.807, 2.05) is 0 Å². The van der Waals surface area contributed by atoms with E-state index in [1.165, 1.54) is 0 Å². The predicted molar refractivity (Wildman–Crippen MR) is 108 cm³/mol. The molecule has 1 unspecified atom stereocenters. The van der Waals surface area contributed by atoms with Crippen molar-refractivity contribution in [2.45, 2.75) is 84.7 Å². The molecular weight excluding hydrogens is 368 g/mol. The van der Waals surface area contributed by atoms with Gasteiger partial charge in [-0.15, -0.1) is 0 Å². The van der Waals surface area contributed by atoms with Crippen LogP contribution >= 0.6 is 0 Å². The highest BCUT2D eigenvalue weighted by Crippen LogP contribution is 2.66. The van der Waals surface area contributed by atoms with Gasteiger partial charge in [0.15, 0.2) is 0 Å². The fraction of sp³-hybridized carbons (Fsp3) is 0.875. The molecule has 4 aliphatic carbocycles. The zero-order valence-electron chi connectivity index (χ0n) is 18.0. The zero-order valence-corrected chi connectivity index (χ0v) is 18.0. The van der Waals surface area contributed by atoms with E-state index in [2.05, 4.69) is 20.8 Å². The van der Waals surface area contributed by atoms with Gasteiger partial charge in [-0.1, -0.05) is 20.8 Å². The van der Waals surface area contributed by atoms with Gasteiger partial charge in [-0.05, 0) is 73.5 Å². The zero-order chi connectivity index (χ0) is 21.1. The number of fused-ring (bicyclic) bond motifs is 5. The minimum atomic E-state index is -0.785. The highest BCUT2D eigenvalue weighted by atomic mass is 16.4. The number of aliphatic hydroxyl groups is 1. The molecule has 0 spiro atoms. The third-order valence-electron chi connectivity index (χ3n) is 9.87. The number of hydrogen-bond acceptors (Lipinski definition) is 4. The van der Waals surface area contributed by atoms with Crippen molar-refractivity contribution >= 4 is 17.5 Å². The maximum absolute atomic E-state index is 13.6. The van der Waals surface area contributed by atoms with Crippen LogP contribution in [-0.4, -0.2) is 33.9 Å². The van der Waals surface area contributed by atoms with Crippen LogP contribution in [0.3, 0.4) is 0 Å². The van der Waals surface area contributed by atoms with Gasteiger partial charge in [0.2, 0.25) is 0 Å². The van der Waals surface area contributed by atoms with Crippen molar-refractivity contribution in [1.82, 2.24) is 0 Å². The van der Waals surface area contributed by atoms with Crippen molar-refractivity contribution in [3.63, 3.8) is 0 Å². The van der Waals surface area contributed by atoms with Crippen LogP contribution in [-0.2, 0) is 14.4 Å². The van der Waals surface area contributed by atoms with Crippen LogP contribution in [0.4, 0.5) is 0 Å². The molecule has 162 valence electrons. The smallest absolute Gasteiger partial charge is 0.303 e. The Labute approximate surface area is 173 Å². The van der Waals surface area contributed by atoms with Crippen LogP contribution in [0, 0.1) is 46.3 Å². The number of hydrogen-bond donors (Lipinski definition) is 2. The number of carboxylic acid groups (broad SMARTS) is 1. The quantitative estimate of drug-likeness (QED) is 0.742. The molecule has 0 aromatic rings. The van der Waals surface area contributed by atoms with Crippen LogP contribution in [0.5, 0.6) is 0 Å². The Kier molecular flexibility index (Phi) is 5.20. The molecule has 0 bridgehead atoms. The van der Waals surface area contributed by atoms with Crippen molar-refractivity contribution in [3.8, 4) is 0 Å². The standard InChI is InChI=1S/C24H36O5/c1-13(4-7-21(28)29)16-5-6-17-22-18(12-20(27)24(16,17)3)23(2)9-8-15(25)10-14(23)11-19(22)26/h13-18,22,25H,4-12H2,1-3H3,(H,28,29)/t13?,14-,15+,16+,17-,18-,22-,23-,24+/m0/s1. The lowest BCUT2D eigenvalue weighted by Gasteiger charge is -2.59. The summed E-state index contributed by atoms with van der Waals surface area (Å²) in [5.74, 6) is 0.550. The second kappa shape index (κ2) is 7.18. The topological polar surface area (TPSA) is 91.7 Å². The van der Waals surface area contributed by atoms with E-state index in [4.69, 9.17) is 5.11 Å². The highest BCUT2D eigenvalue weighted by molar-refractivity contribution is 5.92. The van der Waals surface area contributed by atoms with Crippen molar-refractivity contribution < 1.29 is 24.6 Å². The minimum Gasteiger partial charge on any atom is -0.481 e. The predicted octanol–water partition coefficient (Wildman–Crippen LogP) is 3.87. The summed E-state index contributed by atoms with van der Waals surface area (Å²) in [7, 11) is 0. The number of ketones is 2. The van der Waals surface area contributed by atoms with Crippen LogP contribution in [0.2, 0.25) is 0 Å². The van der Waals surface area contributed by atoms with E-state index < -0.39 is 11.4 Å². The molecule has 0 radical (unpaired) electrons. The van der Waals surface area contributed by atoms with Gasteiger partial charge in [-0.25, -0.2) is 0 Å². The van der Waals surface area contributed by atoms with Gasteiger partial charge >= 0.3 is 5.97 Å². The third-order valence-corrected chi connectivity index (χ3v) is 9.87. The first-order valence-corrected chi connectivity index (χ1v) is 11.5. The molecule has 2 N–H and O–H groups in total. The van der Waals surface area contributed by atoms with Crippen LogP contribution < -0.4 is 0 Å². The second-order valence-electron chi connectivity index (χ2n) is 11.0. The first-order valence-electron chi connectivity index (χ1n) is 11.5. The number of rotatable bonds is 4. The van der Waals surface area contributed by atoms with Crippen LogP contribution in [0.1, 0.15) is 78.6 Å². The van der Waals surface area contributed by atoms with Gasteiger partial charge in [0, 0.05) is 30.6 Å². The molecule has 4 fully saturated rings. The van der Waals surface area contributed by atoms with Gasteiger partial charge in [-0.2, -0.15) is 0 Å². The molecule has 0 aromatic heterocycles. The third kappa shape index (κ3) is 3.10. The molecular formula is C24H36O5. The summed E-state index contributed by atoms with van der Waals surface area (Å²) < 4.78 is 0. The molecule has 5 nitrogen and oxygen atoms in total. The van der Waals surface area contributed by atoms with E-state index in [9.17, 15) is 19.5 Å². The number of carbonyl (C=O) groups excluding carboxylic acids is 2. The summed E-state index contributed by atoms with van der Waals surface area (Å²) in [5.41, 5.74) is -0.520. The van der Waals surface area contributed by atoms with Gasteiger partial charge in [0.1, 0.15) is 11.6 Å². The van der Waals surface area contributed by atoms with E-state index in [0.29, 0.717) is 37.2 Å². The number of carbonyl (C=O) groups is 3. The van der Waals surface area contributed by atoms with Crippen molar-refractivity contribution in [2.24, 2.45) is 46.3 Å². The lowest BCUT2D eigenvalue weighted by molar-refractivity contribution is -0.168. The minimum absolute atomic E-state index is 0.0260. The van der Waals surface area contributed by atoms with E-state index in [-0.39, 0.29) is 53.4 Å². The number of aliphatic hydroxyl groups excluding tert-OH is 1. The Morgan fingerprint density at radius 3 is 2.55 bits per heavy atom. The summed E-state index contributed by atoms with van der Waals surface area (Å²) in [6.45, 7) is 6.44. The number of Topliss-reactive ketones (excluding diaryl/α,β-unsaturated/α-hetero) is 2. The van der Waals surface area contributed by atoms with Gasteiger partial charge in [-0.3, -0.25) is 14.4 Å². The molecule has 4 aliphatic rings. The van der Waals surface area contributed by atoms with Crippen molar-refractivity contribution in [2.75, 3.05) is 0 Å². The molecule has 4 rings (SSSR count). The first-order chi connectivity index (χ1) is 13.6. The maximum Gasteiger partial charge on any atom is 0.303 e. The Balaban J connectivity index is 1.62. The van der Waals surface area contributed by atoms with E-state index in [0.717, 1.165) is 25.7 Å². The molecule has 0 amide bonds. The Hall–Kier alpha value is -1.23. The second-order valence-corrected chi connectivity index (χ2v) is 11.0.